The third-order valence-corrected chi connectivity index (χ3v) is 6.37. The van der Waals surface area contributed by atoms with Crippen molar-refractivity contribution in [1.29, 1.82) is 0 Å². The van der Waals surface area contributed by atoms with Gasteiger partial charge >= 0.3 is 0 Å². The third kappa shape index (κ3) is 1.87. The van der Waals surface area contributed by atoms with Gasteiger partial charge in [-0.3, -0.25) is 0 Å². The molecule has 1 N–H and O–H groups in total. The fourth-order valence-corrected chi connectivity index (χ4v) is 5.04. The predicted molar refractivity (Wildman–Crippen MR) is 80.3 cm³/mol. The number of aliphatic hydroxyl groups excluding tert-OH is 1. The van der Waals surface area contributed by atoms with Gasteiger partial charge in [-0.25, -0.2) is 0 Å². The van der Waals surface area contributed by atoms with Crippen LogP contribution in [0.25, 0.3) is 0 Å². The van der Waals surface area contributed by atoms with Crippen molar-refractivity contribution < 1.29 is 14.6 Å². The topological polar surface area (TPSA) is 38.7 Å². The highest BCUT2D eigenvalue weighted by atomic mass is 16.6. The zero-order valence-corrected chi connectivity index (χ0v) is 12.8. The fraction of sp³-hybridized carbons (Fsp3) is 0.667. The lowest BCUT2D eigenvalue weighted by Gasteiger charge is -2.48. The number of aliphatic hydroxyl groups is 1. The van der Waals surface area contributed by atoms with Gasteiger partial charge in [-0.15, -0.1) is 0 Å². The number of fused-ring (bicyclic) bond motifs is 5. The van der Waals surface area contributed by atoms with Crippen LogP contribution in [0.2, 0.25) is 0 Å². The third-order valence-electron chi connectivity index (χ3n) is 6.37. The Balaban J connectivity index is 1.68. The molecule has 114 valence electrons. The van der Waals surface area contributed by atoms with Crippen LogP contribution >= 0.6 is 0 Å². The van der Waals surface area contributed by atoms with E-state index in [1.165, 1.54) is 17.5 Å². The molecule has 2 aliphatic carbocycles. The van der Waals surface area contributed by atoms with E-state index in [4.69, 9.17) is 9.47 Å². The molecular formula is C18H24O3. The molecule has 3 aliphatic rings. The second-order valence-corrected chi connectivity index (χ2v) is 7.21. The van der Waals surface area contributed by atoms with E-state index in [0.29, 0.717) is 17.8 Å². The molecule has 0 unspecified atom stereocenters. The van der Waals surface area contributed by atoms with E-state index < -0.39 is 6.29 Å². The van der Waals surface area contributed by atoms with Crippen LogP contribution in [0.15, 0.2) is 18.2 Å². The van der Waals surface area contributed by atoms with E-state index in [0.717, 1.165) is 31.6 Å². The molecule has 0 aromatic heterocycles. The molecule has 0 radical (unpaired) electrons. The van der Waals surface area contributed by atoms with Gasteiger partial charge in [-0.1, -0.05) is 13.0 Å². The molecule has 1 heterocycles. The standard InChI is InChI=1S/C18H24O3/c1-18-8-7-14-13-6-4-12(20-2)9-11(13)3-5-15(14)16(18)10-21-17(18)19/h4,6,9,14-17,19H,3,5,7-8,10H2,1-2H3/t14-,15-,16+,17-,18+/m1/s1. The van der Waals surface area contributed by atoms with E-state index in [-0.39, 0.29) is 5.41 Å². The van der Waals surface area contributed by atoms with Crippen LogP contribution in [-0.4, -0.2) is 25.1 Å². The highest BCUT2D eigenvalue weighted by Gasteiger charge is 2.55. The summed E-state index contributed by atoms with van der Waals surface area (Å²) < 4.78 is 11.0. The number of benzene rings is 1. The van der Waals surface area contributed by atoms with Crippen LogP contribution in [0.1, 0.15) is 43.2 Å². The first kappa shape index (κ1) is 13.6. The molecule has 1 aromatic rings. The van der Waals surface area contributed by atoms with Crippen LogP contribution in [0.4, 0.5) is 0 Å². The van der Waals surface area contributed by atoms with Crippen molar-refractivity contribution in [2.45, 2.75) is 44.8 Å². The average molecular weight is 288 g/mol. The lowest BCUT2D eigenvalue weighted by Crippen LogP contribution is -2.44. The molecule has 0 spiro atoms. The summed E-state index contributed by atoms with van der Waals surface area (Å²) in [4.78, 5) is 0. The number of ether oxygens (including phenoxy) is 2. The molecule has 1 aromatic carbocycles. The number of methoxy groups -OCH3 is 1. The first-order chi connectivity index (χ1) is 10.1. The zero-order chi connectivity index (χ0) is 14.6. The molecule has 1 aliphatic heterocycles. The monoisotopic (exact) mass is 288 g/mol. The van der Waals surface area contributed by atoms with Gasteiger partial charge in [0, 0.05) is 5.41 Å². The number of aryl methyl sites for hydroxylation is 1. The SMILES string of the molecule is COc1ccc2c(c1)CC[C@@H]1[C@@H]2CC[C@]2(C)[C@H](O)OC[C@@H]12. The van der Waals surface area contributed by atoms with Crippen LogP contribution in [0, 0.1) is 17.3 Å². The van der Waals surface area contributed by atoms with Gasteiger partial charge in [-0.2, -0.15) is 0 Å². The maximum absolute atomic E-state index is 10.2. The van der Waals surface area contributed by atoms with Crippen molar-refractivity contribution >= 4 is 0 Å². The van der Waals surface area contributed by atoms with E-state index in [1.807, 2.05) is 0 Å². The number of hydrogen-bond acceptors (Lipinski definition) is 3. The van der Waals surface area contributed by atoms with Crippen LogP contribution < -0.4 is 4.74 Å². The molecule has 3 heteroatoms. The highest BCUT2D eigenvalue weighted by Crippen LogP contribution is 2.58. The van der Waals surface area contributed by atoms with Crippen molar-refractivity contribution in [2.75, 3.05) is 13.7 Å². The van der Waals surface area contributed by atoms with E-state index in [9.17, 15) is 5.11 Å². The Morgan fingerprint density at radius 3 is 3.00 bits per heavy atom. The Bertz CT molecular complexity index is 555. The molecule has 3 nitrogen and oxygen atoms in total. The average Bonchev–Trinajstić information content (AvgIpc) is 2.82. The van der Waals surface area contributed by atoms with Crippen molar-refractivity contribution in [3.05, 3.63) is 29.3 Å². The normalized spacial score (nSPS) is 41.1. The molecule has 21 heavy (non-hydrogen) atoms. The predicted octanol–water partition coefficient (Wildman–Crippen LogP) is 3.11. The zero-order valence-electron chi connectivity index (χ0n) is 12.8. The Labute approximate surface area is 126 Å². The largest absolute Gasteiger partial charge is 0.497 e. The summed E-state index contributed by atoms with van der Waals surface area (Å²) in [7, 11) is 1.73. The van der Waals surface area contributed by atoms with Gasteiger partial charge in [-0.05, 0) is 66.7 Å². The van der Waals surface area contributed by atoms with E-state index >= 15 is 0 Å². The Kier molecular flexibility index (Phi) is 3.05. The van der Waals surface area contributed by atoms with Crippen molar-refractivity contribution in [3.63, 3.8) is 0 Å². The summed E-state index contributed by atoms with van der Waals surface area (Å²) >= 11 is 0. The van der Waals surface area contributed by atoms with Crippen LogP contribution in [0.3, 0.4) is 0 Å². The minimum atomic E-state index is -0.569. The molecule has 5 atom stereocenters. The minimum Gasteiger partial charge on any atom is -0.497 e. The Morgan fingerprint density at radius 1 is 1.33 bits per heavy atom. The first-order valence-electron chi connectivity index (χ1n) is 8.10. The van der Waals surface area contributed by atoms with Gasteiger partial charge in [0.1, 0.15) is 5.75 Å². The molecular weight excluding hydrogens is 264 g/mol. The smallest absolute Gasteiger partial charge is 0.160 e. The van der Waals surface area contributed by atoms with Gasteiger partial charge in [0.15, 0.2) is 6.29 Å². The number of rotatable bonds is 1. The van der Waals surface area contributed by atoms with E-state index in [2.05, 4.69) is 25.1 Å². The molecule has 1 saturated carbocycles. The van der Waals surface area contributed by atoms with Crippen LogP contribution in [-0.2, 0) is 11.2 Å². The van der Waals surface area contributed by atoms with Crippen molar-refractivity contribution in [3.8, 4) is 5.75 Å². The minimum absolute atomic E-state index is 0.0366. The van der Waals surface area contributed by atoms with Crippen molar-refractivity contribution in [2.24, 2.45) is 17.3 Å². The Morgan fingerprint density at radius 2 is 2.19 bits per heavy atom. The quantitative estimate of drug-likeness (QED) is 0.863. The molecule has 2 fully saturated rings. The maximum Gasteiger partial charge on any atom is 0.160 e. The lowest BCUT2D eigenvalue weighted by atomic mass is 9.55. The second kappa shape index (κ2) is 4.72. The fourth-order valence-electron chi connectivity index (χ4n) is 5.04. The number of hydrogen-bond donors (Lipinski definition) is 1. The van der Waals surface area contributed by atoms with Crippen molar-refractivity contribution in [1.82, 2.24) is 0 Å². The van der Waals surface area contributed by atoms with Gasteiger partial charge < -0.3 is 14.6 Å². The Hall–Kier alpha value is -1.06. The summed E-state index contributed by atoms with van der Waals surface area (Å²) in [5.41, 5.74) is 2.93. The molecule has 1 saturated heterocycles. The summed E-state index contributed by atoms with van der Waals surface area (Å²) in [5, 5.41) is 10.2. The summed E-state index contributed by atoms with van der Waals surface area (Å²) in [6.07, 6.45) is 3.99. The molecule has 0 bridgehead atoms. The van der Waals surface area contributed by atoms with Crippen LogP contribution in [0.5, 0.6) is 5.75 Å². The maximum atomic E-state index is 10.2. The van der Waals surface area contributed by atoms with Gasteiger partial charge in [0.25, 0.3) is 0 Å². The summed E-state index contributed by atoms with van der Waals surface area (Å²) in [5.74, 6) is 2.75. The lowest BCUT2D eigenvalue weighted by molar-refractivity contribution is -0.124. The molecule has 0 amide bonds. The molecule has 4 rings (SSSR count). The highest BCUT2D eigenvalue weighted by molar-refractivity contribution is 5.40. The summed E-state index contributed by atoms with van der Waals surface area (Å²) in [6.45, 7) is 2.94. The summed E-state index contributed by atoms with van der Waals surface area (Å²) in [6, 6.07) is 6.56. The van der Waals surface area contributed by atoms with Gasteiger partial charge in [0.05, 0.1) is 13.7 Å². The van der Waals surface area contributed by atoms with Gasteiger partial charge in [0.2, 0.25) is 0 Å². The first-order valence-corrected chi connectivity index (χ1v) is 8.10. The second-order valence-electron chi connectivity index (χ2n) is 7.21. The van der Waals surface area contributed by atoms with E-state index in [1.54, 1.807) is 7.11 Å².